The maximum absolute atomic E-state index is 13.2. The molecular weight excluding hydrogens is 235 g/mol. The normalized spacial score (nSPS) is 22.9. The first-order valence-electron chi connectivity index (χ1n) is 6.10. The molecule has 0 aromatic heterocycles. The molecule has 2 aliphatic rings. The van der Waals surface area contributed by atoms with Crippen LogP contribution in [-0.2, 0) is 0 Å². The maximum atomic E-state index is 13.2. The molecule has 2 heterocycles. The highest BCUT2D eigenvalue weighted by atomic mass is 19.1. The van der Waals surface area contributed by atoms with Crippen LogP contribution < -0.4 is 4.90 Å². The molecule has 18 heavy (non-hydrogen) atoms. The van der Waals surface area contributed by atoms with E-state index < -0.39 is 6.09 Å². The SMILES string of the molecule is C[C@H]1CN(C2CN(C(=O)O)C2)c2ccc(F)cc21. The summed E-state index contributed by atoms with van der Waals surface area (Å²) in [7, 11) is 0. The molecule has 1 amide bonds. The zero-order chi connectivity index (χ0) is 12.9. The summed E-state index contributed by atoms with van der Waals surface area (Å²) < 4.78 is 13.2. The number of halogens is 1. The van der Waals surface area contributed by atoms with E-state index in [9.17, 15) is 9.18 Å². The lowest BCUT2D eigenvalue weighted by Crippen LogP contribution is -2.60. The second kappa shape index (κ2) is 3.86. The standard InChI is InChI=1S/C13H15FN2O2/c1-8-5-16(10-6-15(7-10)13(17)18)12-3-2-9(14)4-11(8)12/h2-4,8,10H,5-7H2,1H3,(H,17,18)/t8-/m0/s1. The van der Waals surface area contributed by atoms with E-state index in [-0.39, 0.29) is 11.9 Å². The van der Waals surface area contributed by atoms with Crippen molar-refractivity contribution in [2.45, 2.75) is 18.9 Å². The van der Waals surface area contributed by atoms with Crippen molar-refractivity contribution in [2.75, 3.05) is 24.5 Å². The Hall–Kier alpha value is -1.78. The molecule has 0 spiro atoms. The summed E-state index contributed by atoms with van der Waals surface area (Å²) in [5, 5.41) is 8.84. The molecule has 0 bridgehead atoms. The van der Waals surface area contributed by atoms with Crippen LogP contribution in [0.5, 0.6) is 0 Å². The fourth-order valence-corrected chi connectivity index (χ4v) is 2.83. The van der Waals surface area contributed by atoms with Crippen LogP contribution in [0, 0.1) is 5.82 Å². The van der Waals surface area contributed by atoms with Gasteiger partial charge in [-0.1, -0.05) is 6.92 Å². The van der Waals surface area contributed by atoms with E-state index in [1.807, 2.05) is 0 Å². The van der Waals surface area contributed by atoms with Crippen LogP contribution in [0.3, 0.4) is 0 Å². The van der Waals surface area contributed by atoms with Crippen molar-refractivity contribution in [3.05, 3.63) is 29.6 Å². The molecule has 5 heteroatoms. The Bertz CT molecular complexity index is 500. The van der Waals surface area contributed by atoms with Crippen molar-refractivity contribution in [1.29, 1.82) is 0 Å². The topological polar surface area (TPSA) is 43.8 Å². The molecule has 1 aromatic carbocycles. The molecular formula is C13H15FN2O2. The summed E-state index contributed by atoms with van der Waals surface area (Å²) in [6.07, 6.45) is -0.863. The molecule has 1 saturated heterocycles. The van der Waals surface area contributed by atoms with Crippen LogP contribution in [-0.4, -0.2) is 41.8 Å². The van der Waals surface area contributed by atoms with E-state index in [1.165, 1.54) is 11.0 Å². The number of rotatable bonds is 1. The van der Waals surface area contributed by atoms with Gasteiger partial charge in [0.25, 0.3) is 0 Å². The highest BCUT2D eigenvalue weighted by Crippen LogP contribution is 2.39. The number of hydrogen-bond acceptors (Lipinski definition) is 2. The first-order chi connectivity index (χ1) is 8.56. The molecule has 1 fully saturated rings. The Morgan fingerprint density at radius 2 is 2.11 bits per heavy atom. The van der Waals surface area contributed by atoms with Gasteiger partial charge in [-0.15, -0.1) is 0 Å². The Morgan fingerprint density at radius 1 is 1.39 bits per heavy atom. The number of anilines is 1. The molecule has 4 nitrogen and oxygen atoms in total. The lowest BCUT2D eigenvalue weighted by molar-refractivity contribution is 0.104. The number of nitrogens with zero attached hydrogens (tertiary/aromatic N) is 2. The van der Waals surface area contributed by atoms with Gasteiger partial charge in [0.05, 0.1) is 6.04 Å². The molecule has 1 N–H and O–H groups in total. The van der Waals surface area contributed by atoms with E-state index in [0.29, 0.717) is 19.0 Å². The molecule has 2 aliphatic heterocycles. The number of amides is 1. The van der Waals surface area contributed by atoms with Gasteiger partial charge in [0.2, 0.25) is 0 Å². The predicted molar refractivity (Wildman–Crippen MR) is 65.5 cm³/mol. The Labute approximate surface area is 105 Å². The smallest absolute Gasteiger partial charge is 0.407 e. The van der Waals surface area contributed by atoms with Crippen LogP contribution in [0.15, 0.2) is 18.2 Å². The molecule has 3 rings (SSSR count). The molecule has 96 valence electrons. The van der Waals surface area contributed by atoms with Crippen LogP contribution >= 0.6 is 0 Å². The third-order valence-electron chi connectivity index (χ3n) is 3.87. The maximum Gasteiger partial charge on any atom is 0.407 e. The van der Waals surface area contributed by atoms with Gasteiger partial charge in [-0.25, -0.2) is 9.18 Å². The van der Waals surface area contributed by atoms with E-state index in [2.05, 4.69) is 11.8 Å². The van der Waals surface area contributed by atoms with Crippen molar-refractivity contribution in [1.82, 2.24) is 4.90 Å². The van der Waals surface area contributed by atoms with Gasteiger partial charge in [0.15, 0.2) is 0 Å². The summed E-state index contributed by atoms with van der Waals surface area (Å²) in [6, 6.07) is 5.10. The molecule has 0 saturated carbocycles. The molecule has 0 radical (unpaired) electrons. The number of hydrogen-bond donors (Lipinski definition) is 1. The van der Waals surface area contributed by atoms with E-state index >= 15 is 0 Å². The molecule has 1 atom stereocenters. The van der Waals surface area contributed by atoms with Gasteiger partial charge in [0, 0.05) is 31.2 Å². The minimum atomic E-state index is -0.863. The van der Waals surface area contributed by atoms with Crippen molar-refractivity contribution in [3.63, 3.8) is 0 Å². The fraction of sp³-hybridized carbons (Fsp3) is 0.462. The van der Waals surface area contributed by atoms with E-state index in [4.69, 9.17) is 5.11 Å². The lowest BCUT2D eigenvalue weighted by Gasteiger charge is -2.43. The van der Waals surface area contributed by atoms with E-state index in [0.717, 1.165) is 17.8 Å². The molecule has 1 aromatic rings. The predicted octanol–water partition coefficient (Wildman–Crippen LogP) is 2.11. The van der Waals surface area contributed by atoms with Crippen LogP contribution in [0.1, 0.15) is 18.4 Å². The van der Waals surface area contributed by atoms with Crippen molar-refractivity contribution in [3.8, 4) is 0 Å². The zero-order valence-corrected chi connectivity index (χ0v) is 10.1. The monoisotopic (exact) mass is 250 g/mol. The van der Waals surface area contributed by atoms with Crippen molar-refractivity contribution in [2.24, 2.45) is 0 Å². The number of fused-ring (bicyclic) bond motifs is 1. The van der Waals surface area contributed by atoms with Gasteiger partial charge >= 0.3 is 6.09 Å². The summed E-state index contributed by atoms with van der Waals surface area (Å²) in [5.74, 6) is 0.0952. The van der Waals surface area contributed by atoms with Gasteiger partial charge < -0.3 is 14.9 Å². The Kier molecular flexibility index (Phi) is 2.43. The van der Waals surface area contributed by atoms with Crippen molar-refractivity contribution < 1.29 is 14.3 Å². The number of carboxylic acid groups (broad SMARTS) is 1. The van der Waals surface area contributed by atoms with E-state index in [1.54, 1.807) is 12.1 Å². The number of carbonyl (C=O) groups is 1. The number of benzene rings is 1. The van der Waals surface area contributed by atoms with Crippen LogP contribution in [0.25, 0.3) is 0 Å². The van der Waals surface area contributed by atoms with Gasteiger partial charge in [0.1, 0.15) is 5.82 Å². The second-order valence-corrected chi connectivity index (χ2v) is 5.10. The number of likely N-dealkylation sites (tertiary alicyclic amines) is 1. The van der Waals surface area contributed by atoms with Gasteiger partial charge in [-0.2, -0.15) is 0 Å². The lowest BCUT2D eigenvalue weighted by atomic mass is 10.0. The Balaban J connectivity index is 1.80. The summed E-state index contributed by atoms with van der Waals surface area (Å²) in [4.78, 5) is 14.4. The first kappa shape index (κ1) is 11.3. The summed E-state index contributed by atoms with van der Waals surface area (Å²) in [6.45, 7) is 4.00. The summed E-state index contributed by atoms with van der Waals surface area (Å²) >= 11 is 0. The van der Waals surface area contributed by atoms with Crippen molar-refractivity contribution >= 4 is 11.8 Å². The Morgan fingerprint density at radius 3 is 2.78 bits per heavy atom. The molecule has 0 aliphatic carbocycles. The third kappa shape index (κ3) is 1.62. The van der Waals surface area contributed by atoms with Crippen LogP contribution in [0.4, 0.5) is 14.9 Å². The second-order valence-electron chi connectivity index (χ2n) is 5.10. The highest BCUT2D eigenvalue weighted by molar-refractivity contribution is 5.68. The minimum absolute atomic E-state index is 0.205. The van der Waals surface area contributed by atoms with Gasteiger partial charge in [-0.3, -0.25) is 0 Å². The first-order valence-corrected chi connectivity index (χ1v) is 6.10. The largest absolute Gasteiger partial charge is 0.465 e. The van der Waals surface area contributed by atoms with Crippen LogP contribution in [0.2, 0.25) is 0 Å². The van der Waals surface area contributed by atoms with Gasteiger partial charge in [-0.05, 0) is 23.8 Å². The zero-order valence-electron chi connectivity index (χ0n) is 10.1. The minimum Gasteiger partial charge on any atom is -0.465 e. The third-order valence-corrected chi connectivity index (χ3v) is 3.87. The quantitative estimate of drug-likeness (QED) is 0.830. The summed E-state index contributed by atoms with van der Waals surface area (Å²) in [5.41, 5.74) is 2.09. The average molecular weight is 250 g/mol. The molecule has 0 unspecified atom stereocenters. The average Bonchev–Trinajstić information content (AvgIpc) is 2.53. The highest BCUT2D eigenvalue weighted by Gasteiger charge is 2.39. The fourth-order valence-electron chi connectivity index (χ4n) is 2.83.